The number of carbonyl (C=O) groups excluding carboxylic acids is 2. The molecule has 1 aliphatic rings. The third-order valence-corrected chi connectivity index (χ3v) is 3.94. The first-order chi connectivity index (χ1) is 11.1. The molecule has 1 aliphatic heterocycles. The SMILES string of the molecule is CCC(=O)N1CCc2cc(C(=O)Nc3ccc(F)cc3)ccc21. The number of fused-ring (bicyclic) bond motifs is 1. The molecule has 1 N–H and O–H groups in total. The van der Waals surface area contributed by atoms with Gasteiger partial charge in [-0.25, -0.2) is 4.39 Å². The van der Waals surface area contributed by atoms with Crippen molar-refractivity contribution in [2.45, 2.75) is 19.8 Å². The molecule has 2 aromatic carbocycles. The van der Waals surface area contributed by atoms with E-state index in [1.807, 2.05) is 19.1 Å². The van der Waals surface area contributed by atoms with Crippen molar-refractivity contribution in [3.05, 3.63) is 59.4 Å². The molecule has 0 bridgehead atoms. The lowest BCUT2D eigenvalue weighted by molar-refractivity contribution is -0.118. The highest BCUT2D eigenvalue weighted by Gasteiger charge is 2.24. The van der Waals surface area contributed by atoms with E-state index in [2.05, 4.69) is 5.32 Å². The Labute approximate surface area is 133 Å². The summed E-state index contributed by atoms with van der Waals surface area (Å²) in [7, 11) is 0. The number of benzene rings is 2. The monoisotopic (exact) mass is 312 g/mol. The van der Waals surface area contributed by atoms with Crippen LogP contribution in [0, 0.1) is 5.82 Å². The van der Waals surface area contributed by atoms with Gasteiger partial charge in [0.1, 0.15) is 5.82 Å². The highest BCUT2D eigenvalue weighted by molar-refractivity contribution is 6.05. The summed E-state index contributed by atoms with van der Waals surface area (Å²) in [6.45, 7) is 2.50. The molecule has 5 heteroatoms. The third kappa shape index (κ3) is 3.08. The minimum Gasteiger partial charge on any atom is -0.322 e. The lowest BCUT2D eigenvalue weighted by Crippen LogP contribution is -2.27. The van der Waals surface area contributed by atoms with Crippen molar-refractivity contribution in [3.63, 3.8) is 0 Å². The van der Waals surface area contributed by atoms with Crippen LogP contribution in [-0.2, 0) is 11.2 Å². The Hall–Kier alpha value is -2.69. The van der Waals surface area contributed by atoms with Crippen LogP contribution in [-0.4, -0.2) is 18.4 Å². The zero-order valence-corrected chi connectivity index (χ0v) is 12.8. The van der Waals surface area contributed by atoms with E-state index in [1.54, 1.807) is 11.0 Å². The third-order valence-electron chi connectivity index (χ3n) is 3.94. The lowest BCUT2D eigenvalue weighted by atomic mass is 10.1. The highest BCUT2D eigenvalue weighted by atomic mass is 19.1. The molecule has 0 aliphatic carbocycles. The zero-order chi connectivity index (χ0) is 16.4. The molecule has 0 spiro atoms. The van der Waals surface area contributed by atoms with Gasteiger partial charge in [0.15, 0.2) is 0 Å². The molecule has 0 fully saturated rings. The molecule has 0 unspecified atom stereocenters. The normalized spacial score (nSPS) is 12.9. The first-order valence-electron chi connectivity index (χ1n) is 7.58. The van der Waals surface area contributed by atoms with Gasteiger partial charge in [0, 0.05) is 29.9 Å². The van der Waals surface area contributed by atoms with Crippen molar-refractivity contribution >= 4 is 23.2 Å². The van der Waals surface area contributed by atoms with Crippen molar-refractivity contribution in [2.75, 3.05) is 16.8 Å². The van der Waals surface area contributed by atoms with Crippen LogP contribution < -0.4 is 10.2 Å². The molecule has 0 aromatic heterocycles. The largest absolute Gasteiger partial charge is 0.322 e. The summed E-state index contributed by atoms with van der Waals surface area (Å²) in [6, 6.07) is 11.0. The van der Waals surface area contributed by atoms with Gasteiger partial charge in [0.05, 0.1) is 0 Å². The van der Waals surface area contributed by atoms with Gasteiger partial charge in [-0.1, -0.05) is 6.92 Å². The van der Waals surface area contributed by atoms with Crippen molar-refractivity contribution in [3.8, 4) is 0 Å². The van der Waals surface area contributed by atoms with Gasteiger partial charge >= 0.3 is 0 Å². The summed E-state index contributed by atoms with van der Waals surface area (Å²) in [4.78, 5) is 25.9. The first-order valence-corrected chi connectivity index (χ1v) is 7.58. The number of nitrogens with one attached hydrogen (secondary N) is 1. The van der Waals surface area contributed by atoms with Crippen molar-refractivity contribution in [2.24, 2.45) is 0 Å². The van der Waals surface area contributed by atoms with Crippen molar-refractivity contribution < 1.29 is 14.0 Å². The zero-order valence-electron chi connectivity index (χ0n) is 12.8. The number of nitrogens with zero attached hydrogens (tertiary/aromatic N) is 1. The summed E-state index contributed by atoms with van der Waals surface area (Å²) in [5.74, 6) is -0.506. The number of anilines is 2. The van der Waals surface area contributed by atoms with Gasteiger partial charge in [-0.05, 0) is 54.4 Å². The molecule has 0 saturated carbocycles. The summed E-state index contributed by atoms with van der Waals surface area (Å²) in [5.41, 5.74) is 2.95. The molecule has 2 aromatic rings. The Bertz CT molecular complexity index is 756. The molecule has 3 rings (SSSR count). The summed E-state index contributed by atoms with van der Waals surface area (Å²) >= 11 is 0. The fraction of sp³-hybridized carbons (Fsp3) is 0.222. The van der Waals surface area contributed by atoms with Crippen molar-refractivity contribution in [1.29, 1.82) is 0 Å². The molecular weight excluding hydrogens is 295 g/mol. The maximum Gasteiger partial charge on any atom is 0.255 e. The van der Waals surface area contributed by atoms with E-state index >= 15 is 0 Å². The Morgan fingerprint density at radius 2 is 1.91 bits per heavy atom. The average Bonchev–Trinajstić information content (AvgIpc) is 2.99. The topological polar surface area (TPSA) is 49.4 Å². The van der Waals surface area contributed by atoms with Gasteiger partial charge in [0.25, 0.3) is 5.91 Å². The number of hydrogen-bond acceptors (Lipinski definition) is 2. The second-order valence-corrected chi connectivity index (χ2v) is 5.45. The van der Waals surface area contributed by atoms with E-state index in [9.17, 15) is 14.0 Å². The number of carbonyl (C=O) groups is 2. The molecule has 0 radical (unpaired) electrons. The summed E-state index contributed by atoms with van der Waals surface area (Å²) < 4.78 is 12.9. The second kappa shape index (κ2) is 6.20. The minimum atomic E-state index is -0.346. The van der Waals surface area contributed by atoms with E-state index in [-0.39, 0.29) is 17.6 Å². The predicted molar refractivity (Wildman–Crippen MR) is 87.1 cm³/mol. The second-order valence-electron chi connectivity index (χ2n) is 5.45. The average molecular weight is 312 g/mol. The van der Waals surface area contributed by atoms with E-state index < -0.39 is 0 Å². The minimum absolute atomic E-state index is 0.0901. The van der Waals surface area contributed by atoms with Crippen LogP contribution in [0.4, 0.5) is 15.8 Å². The maximum absolute atomic E-state index is 12.9. The fourth-order valence-corrected chi connectivity index (χ4v) is 2.73. The smallest absolute Gasteiger partial charge is 0.255 e. The first kappa shape index (κ1) is 15.2. The molecule has 23 heavy (non-hydrogen) atoms. The number of halogens is 1. The van der Waals surface area contributed by atoms with Gasteiger partial charge < -0.3 is 10.2 Å². The summed E-state index contributed by atoms with van der Waals surface area (Å²) in [5, 5.41) is 2.74. The van der Waals surface area contributed by atoms with E-state index in [4.69, 9.17) is 0 Å². The van der Waals surface area contributed by atoms with Gasteiger partial charge in [0.2, 0.25) is 5.91 Å². The molecule has 1 heterocycles. The molecule has 118 valence electrons. The Kier molecular flexibility index (Phi) is 4.10. The van der Waals surface area contributed by atoms with Crippen LogP contribution >= 0.6 is 0 Å². The number of hydrogen-bond donors (Lipinski definition) is 1. The van der Waals surface area contributed by atoms with Gasteiger partial charge in [-0.2, -0.15) is 0 Å². The van der Waals surface area contributed by atoms with Crippen LogP contribution in [0.2, 0.25) is 0 Å². The Morgan fingerprint density at radius 3 is 2.61 bits per heavy atom. The van der Waals surface area contributed by atoms with E-state index in [1.165, 1.54) is 24.3 Å². The standard InChI is InChI=1S/C18H17FN2O2/c1-2-17(22)21-10-9-12-11-13(3-8-16(12)21)18(23)20-15-6-4-14(19)5-7-15/h3-8,11H,2,9-10H2,1H3,(H,20,23). The molecule has 4 nitrogen and oxygen atoms in total. The number of rotatable bonds is 3. The highest BCUT2D eigenvalue weighted by Crippen LogP contribution is 2.29. The summed E-state index contributed by atoms with van der Waals surface area (Å²) in [6.07, 6.45) is 1.21. The molecule has 0 saturated heterocycles. The fourth-order valence-electron chi connectivity index (χ4n) is 2.73. The molecular formula is C18H17FN2O2. The quantitative estimate of drug-likeness (QED) is 0.944. The molecule has 2 amide bonds. The molecule has 0 atom stereocenters. The van der Waals surface area contributed by atoms with E-state index in [0.717, 1.165) is 17.7 Å². The Balaban J connectivity index is 1.78. The van der Waals surface area contributed by atoms with Crippen LogP contribution in [0.15, 0.2) is 42.5 Å². The Morgan fingerprint density at radius 1 is 1.17 bits per heavy atom. The maximum atomic E-state index is 12.9. The lowest BCUT2D eigenvalue weighted by Gasteiger charge is -2.16. The van der Waals surface area contributed by atoms with Crippen LogP contribution in [0.25, 0.3) is 0 Å². The van der Waals surface area contributed by atoms with Gasteiger partial charge in [-0.15, -0.1) is 0 Å². The van der Waals surface area contributed by atoms with E-state index in [0.29, 0.717) is 24.2 Å². The van der Waals surface area contributed by atoms with Crippen molar-refractivity contribution in [1.82, 2.24) is 0 Å². The number of amides is 2. The van der Waals surface area contributed by atoms with Crippen LogP contribution in [0.3, 0.4) is 0 Å². The van der Waals surface area contributed by atoms with Gasteiger partial charge in [-0.3, -0.25) is 9.59 Å². The van der Waals surface area contributed by atoms with Crippen LogP contribution in [0.5, 0.6) is 0 Å². The predicted octanol–water partition coefficient (Wildman–Crippen LogP) is 3.38. The van der Waals surface area contributed by atoms with Crippen LogP contribution in [0.1, 0.15) is 29.3 Å².